The number of esters is 1. The predicted octanol–water partition coefficient (Wildman–Crippen LogP) is 1.37. The molecular formula is C17H20N2O5. The molecule has 0 aromatic carbocycles. The van der Waals surface area contributed by atoms with Crippen LogP contribution < -0.4 is 5.56 Å². The van der Waals surface area contributed by atoms with E-state index in [1.807, 2.05) is 0 Å². The van der Waals surface area contributed by atoms with Crippen LogP contribution in [0.5, 0.6) is 0 Å². The second-order valence-corrected chi connectivity index (χ2v) is 5.54. The Labute approximate surface area is 139 Å². The van der Waals surface area contributed by atoms with Gasteiger partial charge in [0.1, 0.15) is 5.76 Å². The van der Waals surface area contributed by atoms with Gasteiger partial charge < -0.3 is 18.6 Å². The van der Waals surface area contributed by atoms with E-state index in [1.165, 1.54) is 22.6 Å². The molecular weight excluding hydrogens is 312 g/mol. The van der Waals surface area contributed by atoms with Crippen molar-refractivity contribution in [1.29, 1.82) is 0 Å². The van der Waals surface area contributed by atoms with Gasteiger partial charge in [-0.15, -0.1) is 0 Å². The summed E-state index contributed by atoms with van der Waals surface area (Å²) in [4.78, 5) is 36.9. The Bertz CT molecular complexity index is 777. The van der Waals surface area contributed by atoms with Gasteiger partial charge in [-0.2, -0.15) is 0 Å². The molecule has 1 amide bonds. The third-order valence-corrected chi connectivity index (χ3v) is 3.60. The van der Waals surface area contributed by atoms with Crippen molar-refractivity contribution in [2.45, 2.75) is 13.5 Å². The number of furan rings is 1. The molecule has 0 saturated heterocycles. The Morgan fingerprint density at radius 3 is 2.71 bits per heavy atom. The molecule has 2 aromatic rings. The zero-order valence-corrected chi connectivity index (χ0v) is 13.9. The molecule has 0 radical (unpaired) electrons. The average Bonchev–Trinajstić information content (AvgIpc) is 3.03. The van der Waals surface area contributed by atoms with Gasteiger partial charge in [0.25, 0.3) is 11.5 Å². The maximum atomic E-state index is 12.3. The molecule has 0 saturated carbocycles. The first-order chi connectivity index (χ1) is 11.4. The second kappa shape index (κ2) is 7.63. The van der Waals surface area contributed by atoms with E-state index in [-0.39, 0.29) is 36.3 Å². The number of hydrogen-bond donors (Lipinski definition) is 0. The first-order valence-electron chi connectivity index (χ1n) is 7.50. The van der Waals surface area contributed by atoms with Crippen molar-refractivity contribution in [2.75, 3.05) is 20.7 Å². The average molecular weight is 332 g/mol. The minimum Gasteiger partial charge on any atom is -0.469 e. The molecule has 7 nitrogen and oxygen atoms in total. The number of rotatable bonds is 6. The van der Waals surface area contributed by atoms with Gasteiger partial charge in [-0.05, 0) is 18.2 Å². The van der Waals surface area contributed by atoms with Crippen LogP contribution in [0.15, 0.2) is 45.7 Å². The van der Waals surface area contributed by atoms with Crippen molar-refractivity contribution >= 4 is 11.9 Å². The van der Waals surface area contributed by atoms with Gasteiger partial charge >= 0.3 is 5.97 Å². The van der Waals surface area contributed by atoms with Crippen LogP contribution in [-0.2, 0) is 16.1 Å². The number of aromatic nitrogens is 1. The molecule has 0 aliphatic carbocycles. The van der Waals surface area contributed by atoms with E-state index in [2.05, 4.69) is 4.74 Å². The fourth-order valence-electron chi connectivity index (χ4n) is 2.29. The van der Waals surface area contributed by atoms with Gasteiger partial charge in [-0.25, -0.2) is 0 Å². The van der Waals surface area contributed by atoms with Crippen LogP contribution in [0.2, 0.25) is 0 Å². The summed E-state index contributed by atoms with van der Waals surface area (Å²) in [5.74, 6) is -0.480. The molecule has 128 valence electrons. The van der Waals surface area contributed by atoms with E-state index in [4.69, 9.17) is 4.42 Å². The number of nitrogens with zero attached hydrogens (tertiary/aromatic N) is 2. The Morgan fingerprint density at radius 2 is 2.04 bits per heavy atom. The number of carbonyl (C=O) groups is 2. The Balaban J connectivity index is 2.04. The Kier molecular flexibility index (Phi) is 5.57. The molecule has 0 aliphatic heterocycles. The minimum atomic E-state index is -0.429. The fourth-order valence-corrected chi connectivity index (χ4v) is 2.29. The lowest BCUT2D eigenvalue weighted by Crippen LogP contribution is -2.34. The summed E-state index contributed by atoms with van der Waals surface area (Å²) in [5, 5.41) is 0. The highest BCUT2D eigenvalue weighted by atomic mass is 16.5. The highest BCUT2D eigenvalue weighted by Crippen LogP contribution is 2.12. The molecule has 2 rings (SSSR count). The summed E-state index contributed by atoms with van der Waals surface area (Å²) >= 11 is 0. The summed E-state index contributed by atoms with van der Waals surface area (Å²) in [6.45, 7) is 2.15. The number of hydrogen-bond acceptors (Lipinski definition) is 5. The van der Waals surface area contributed by atoms with Crippen LogP contribution in [-0.4, -0.2) is 42.0 Å². The number of methoxy groups -OCH3 is 1. The highest BCUT2D eigenvalue weighted by Gasteiger charge is 2.21. The minimum absolute atomic E-state index is 0.147. The second-order valence-electron chi connectivity index (χ2n) is 5.54. The van der Waals surface area contributed by atoms with Crippen molar-refractivity contribution in [3.63, 3.8) is 0 Å². The van der Waals surface area contributed by atoms with Crippen molar-refractivity contribution in [3.8, 4) is 0 Å². The summed E-state index contributed by atoms with van der Waals surface area (Å²) in [7, 11) is 2.90. The first-order valence-corrected chi connectivity index (χ1v) is 7.50. The van der Waals surface area contributed by atoms with E-state index in [0.717, 1.165) is 0 Å². The van der Waals surface area contributed by atoms with Gasteiger partial charge in [-0.1, -0.05) is 13.0 Å². The van der Waals surface area contributed by atoms with Crippen molar-refractivity contribution in [2.24, 2.45) is 5.92 Å². The van der Waals surface area contributed by atoms with Gasteiger partial charge in [0, 0.05) is 25.9 Å². The first kappa shape index (κ1) is 17.5. The van der Waals surface area contributed by atoms with Crippen LogP contribution >= 0.6 is 0 Å². The van der Waals surface area contributed by atoms with Crippen LogP contribution in [0.4, 0.5) is 0 Å². The SMILES string of the molecule is COC(=O)C(C)CN(C)C(=O)c1ccc(Cn2ccccc2=O)o1. The number of amides is 1. The molecule has 1 atom stereocenters. The molecule has 0 bridgehead atoms. The standard InChI is InChI=1S/C17H20N2O5/c1-12(17(22)23-3)10-18(2)16(21)14-8-7-13(24-14)11-19-9-5-4-6-15(19)20/h4-9,12H,10-11H2,1-3H3. The lowest BCUT2D eigenvalue weighted by atomic mass is 10.1. The highest BCUT2D eigenvalue weighted by molar-refractivity contribution is 5.91. The summed E-state index contributed by atoms with van der Waals surface area (Å²) in [6, 6.07) is 8.08. The summed E-state index contributed by atoms with van der Waals surface area (Å²) in [6.07, 6.45) is 1.65. The zero-order valence-electron chi connectivity index (χ0n) is 13.9. The third-order valence-electron chi connectivity index (χ3n) is 3.60. The van der Waals surface area contributed by atoms with Gasteiger partial charge in [-0.3, -0.25) is 14.4 Å². The van der Waals surface area contributed by atoms with E-state index < -0.39 is 5.92 Å². The topological polar surface area (TPSA) is 81.8 Å². The molecule has 24 heavy (non-hydrogen) atoms. The molecule has 0 spiro atoms. The molecule has 7 heteroatoms. The van der Waals surface area contributed by atoms with E-state index in [0.29, 0.717) is 5.76 Å². The van der Waals surface area contributed by atoms with Crippen LogP contribution in [0.25, 0.3) is 0 Å². The molecule has 0 aliphatic rings. The molecule has 2 aromatic heterocycles. The molecule has 0 N–H and O–H groups in total. The van der Waals surface area contributed by atoms with Crippen molar-refractivity contribution < 1.29 is 18.7 Å². The van der Waals surface area contributed by atoms with Crippen LogP contribution in [0.1, 0.15) is 23.2 Å². The van der Waals surface area contributed by atoms with E-state index >= 15 is 0 Å². The summed E-state index contributed by atoms with van der Waals surface area (Å²) < 4.78 is 11.7. The third kappa shape index (κ3) is 4.13. The van der Waals surface area contributed by atoms with Crippen molar-refractivity contribution in [1.82, 2.24) is 9.47 Å². The molecule has 1 unspecified atom stereocenters. The van der Waals surface area contributed by atoms with E-state index in [9.17, 15) is 14.4 Å². The molecule has 0 fully saturated rings. The Hall–Kier alpha value is -2.83. The lowest BCUT2D eigenvalue weighted by Gasteiger charge is -2.19. The lowest BCUT2D eigenvalue weighted by molar-refractivity contribution is -0.145. The fraction of sp³-hybridized carbons (Fsp3) is 0.353. The van der Waals surface area contributed by atoms with E-state index in [1.54, 1.807) is 44.4 Å². The smallest absolute Gasteiger partial charge is 0.310 e. The van der Waals surface area contributed by atoms with Gasteiger partial charge in [0.05, 0.1) is 19.6 Å². The molecule has 2 heterocycles. The van der Waals surface area contributed by atoms with Crippen LogP contribution in [0.3, 0.4) is 0 Å². The van der Waals surface area contributed by atoms with Gasteiger partial charge in [0.15, 0.2) is 5.76 Å². The normalized spacial score (nSPS) is 11.8. The van der Waals surface area contributed by atoms with Gasteiger partial charge in [0.2, 0.25) is 0 Å². The summed E-state index contributed by atoms with van der Waals surface area (Å²) in [5.41, 5.74) is -0.147. The largest absolute Gasteiger partial charge is 0.469 e. The quantitative estimate of drug-likeness (QED) is 0.746. The Morgan fingerprint density at radius 1 is 1.29 bits per heavy atom. The number of ether oxygens (including phenoxy) is 1. The number of carbonyl (C=O) groups excluding carboxylic acids is 2. The van der Waals surface area contributed by atoms with Crippen molar-refractivity contribution in [3.05, 3.63) is 58.4 Å². The monoisotopic (exact) mass is 332 g/mol. The predicted molar refractivity (Wildman–Crippen MR) is 86.7 cm³/mol. The number of pyridine rings is 1. The maximum Gasteiger partial charge on any atom is 0.310 e. The van der Waals surface area contributed by atoms with Crippen LogP contribution in [0, 0.1) is 5.92 Å². The maximum absolute atomic E-state index is 12.3. The zero-order chi connectivity index (χ0) is 17.7.